The Morgan fingerprint density at radius 2 is 1.42 bits per heavy atom. The summed E-state index contributed by atoms with van der Waals surface area (Å²) in [6.45, 7) is -1.35. The molecular formula is C12H21NO20S3. The Morgan fingerprint density at radius 1 is 0.833 bits per heavy atom. The lowest BCUT2D eigenvalue weighted by Crippen LogP contribution is -2.68. The molecule has 0 amide bonds. The van der Waals surface area contributed by atoms with Gasteiger partial charge >= 0.3 is 37.1 Å². The lowest BCUT2D eigenvalue weighted by Gasteiger charge is -2.46. The average Bonchev–Trinajstić information content (AvgIpc) is 2.69. The van der Waals surface area contributed by atoms with Crippen LogP contribution in [0.25, 0.3) is 0 Å². The zero-order valence-electron chi connectivity index (χ0n) is 17.2. The Balaban J connectivity index is 2.52. The molecule has 36 heavy (non-hydrogen) atoms. The van der Waals surface area contributed by atoms with Crippen molar-refractivity contribution in [1.82, 2.24) is 4.72 Å². The van der Waals surface area contributed by atoms with Crippen molar-refractivity contribution in [2.75, 3.05) is 6.61 Å². The van der Waals surface area contributed by atoms with Gasteiger partial charge in [-0.25, -0.2) is 13.2 Å². The summed E-state index contributed by atoms with van der Waals surface area (Å²) in [5.41, 5.74) is 0. The molecule has 0 bridgehead atoms. The smallest absolute Gasteiger partial charge is 0.397 e. The molecule has 0 radical (unpaired) electrons. The molecule has 0 unspecified atom stereocenters. The number of hydrogen-bond donors (Lipinski definition) is 9. The number of hydrogen-bond acceptors (Lipinski definition) is 16. The largest absolute Gasteiger partial charge is 0.479 e. The van der Waals surface area contributed by atoms with Gasteiger partial charge in [-0.1, -0.05) is 0 Å². The number of carboxylic acid groups (broad SMARTS) is 1. The van der Waals surface area contributed by atoms with E-state index in [0.29, 0.717) is 0 Å². The predicted molar refractivity (Wildman–Crippen MR) is 102 cm³/mol. The fourth-order valence-corrected chi connectivity index (χ4v) is 4.64. The lowest BCUT2D eigenvalue weighted by molar-refractivity contribution is -0.333. The molecule has 0 saturated carbocycles. The molecule has 10 atom stereocenters. The molecular weight excluding hydrogens is 574 g/mol. The van der Waals surface area contributed by atoms with E-state index >= 15 is 0 Å². The SMILES string of the molecule is O=C(O)[C@H]1O[C@@H](O)[C@H](O)[C@@H](O)[C@@H]1O[C@@H]1O[C@H](COS(=O)(=O)O)[C@@H](O)[C@H](OS(=O)(=O)O)[C@H]1NS(=O)(=O)O. The Hall–Kier alpha value is -1.20. The summed E-state index contributed by atoms with van der Waals surface area (Å²) in [6, 6.07) is -2.43. The first-order chi connectivity index (χ1) is 16.2. The van der Waals surface area contributed by atoms with Gasteiger partial charge in [0.25, 0.3) is 0 Å². The topological polar surface area (TPSA) is 340 Å². The predicted octanol–water partition coefficient (Wildman–Crippen LogP) is -6.25. The first kappa shape index (κ1) is 31.0. The standard InChI is InChI=1S/C12H21NO20S3/c14-4-2(1-29-35(23,24)25)30-12(3(13-34(20,21)22)7(4)33-36(26,27)28)32-8-5(15)6(16)11(19)31-9(8)10(17)18/h2-9,11-16,19H,1H2,(H,17,18)(H,20,21,22)(H,23,24,25)(H,26,27,28)/t2-,3-,4-,5-,6-,7-,8+,9+,11-,12+/m1/s1. The normalized spacial score (nSPS) is 38.5. The summed E-state index contributed by atoms with van der Waals surface area (Å²) in [7, 11) is -16.1. The Morgan fingerprint density at radius 3 is 1.89 bits per heavy atom. The number of rotatable bonds is 10. The molecule has 0 spiro atoms. The summed E-state index contributed by atoms with van der Waals surface area (Å²) < 4.78 is 118. The second-order valence-electron chi connectivity index (χ2n) is 7.22. The van der Waals surface area contributed by atoms with Gasteiger partial charge in [0, 0.05) is 0 Å². The van der Waals surface area contributed by atoms with Crippen LogP contribution in [0.1, 0.15) is 0 Å². The number of ether oxygens (including phenoxy) is 3. The van der Waals surface area contributed by atoms with E-state index in [1.165, 1.54) is 4.72 Å². The van der Waals surface area contributed by atoms with Crippen LogP contribution in [0, 0.1) is 0 Å². The van der Waals surface area contributed by atoms with E-state index in [9.17, 15) is 55.6 Å². The maximum absolute atomic E-state index is 11.5. The van der Waals surface area contributed by atoms with Crippen molar-refractivity contribution in [3.05, 3.63) is 0 Å². The second kappa shape index (κ2) is 11.3. The van der Waals surface area contributed by atoms with Crippen LogP contribution < -0.4 is 4.72 Å². The molecule has 0 aromatic carbocycles. The molecule has 2 aliphatic rings. The van der Waals surface area contributed by atoms with Gasteiger partial charge in [0.05, 0.1) is 6.61 Å². The third-order valence-electron chi connectivity index (χ3n) is 4.67. The fraction of sp³-hybridized carbons (Fsp3) is 0.917. The van der Waals surface area contributed by atoms with E-state index in [-0.39, 0.29) is 0 Å². The van der Waals surface area contributed by atoms with E-state index < -0.39 is 105 Å². The molecule has 24 heteroatoms. The van der Waals surface area contributed by atoms with Crippen LogP contribution in [0.3, 0.4) is 0 Å². The van der Waals surface area contributed by atoms with Gasteiger partial charge in [-0.2, -0.15) is 30.0 Å². The van der Waals surface area contributed by atoms with Crippen molar-refractivity contribution in [2.24, 2.45) is 0 Å². The quantitative estimate of drug-likeness (QED) is 0.106. The number of nitrogens with one attached hydrogen (secondary N) is 1. The third kappa shape index (κ3) is 8.41. The first-order valence-electron chi connectivity index (χ1n) is 9.14. The highest BCUT2D eigenvalue weighted by Crippen LogP contribution is 2.31. The number of aliphatic hydroxyl groups is 4. The zero-order valence-corrected chi connectivity index (χ0v) is 19.6. The molecule has 0 aromatic heterocycles. The molecule has 2 heterocycles. The minimum atomic E-state index is -5.56. The molecule has 2 fully saturated rings. The van der Waals surface area contributed by atoms with Crippen molar-refractivity contribution in [2.45, 2.75) is 61.3 Å². The molecule has 0 aromatic rings. The van der Waals surface area contributed by atoms with Crippen LogP contribution in [0.15, 0.2) is 0 Å². The molecule has 212 valence electrons. The number of aliphatic carboxylic acids is 1. The average molecular weight is 595 g/mol. The summed E-state index contributed by atoms with van der Waals surface area (Å²) >= 11 is 0. The van der Waals surface area contributed by atoms with Crippen molar-refractivity contribution in [3.8, 4) is 0 Å². The van der Waals surface area contributed by atoms with Gasteiger partial charge in [-0.05, 0) is 0 Å². The molecule has 0 aliphatic carbocycles. The molecule has 21 nitrogen and oxygen atoms in total. The van der Waals surface area contributed by atoms with Crippen LogP contribution in [-0.4, -0.2) is 138 Å². The molecule has 2 rings (SSSR count). The van der Waals surface area contributed by atoms with Crippen molar-refractivity contribution in [1.29, 1.82) is 0 Å². The Kier molecular flexibility index (Phi) is 9.71. The van der Waals surface area contributed by atoms with Crippen molar-refractivity contribution >= 4 is 37.1 Å². The maximum Gasteiger partial charge on any atom is 0.397 e. The number of carbonyl (C=O) groups is 1. The minimum absolute atomic E-state index is 1.30. The monoisotopic (exact) mass is 595 g/mol. The van der Waals surface area contributed by atoms with Crippen LogP contribution in [-0.2, 0) is 58.5 Å². The van der Waals surface area contributed by atoms with E-state index in [0.717, 1.165) is 0 Å². The third-order valence-corrected chi connectivity index (χ3v) is 6.14. The molecule has 2 aliphatic heterocycles. The summed E-state index contributed by atoms with van der Waals surface area (Å²) in [5, 5.41) is 49.2. The summed E-state index contributed by atoms with van der Waals surface area (Å²) in [5.74, 6) is -1.92. The highest BCUT2D eigenvalue weighted by Gasteiger charge is 2.54. The second-order valence-corrected chi connectivity index (χ2v) is 10.5. The minimum Gasteiger partial charge on any atom is -0.479 e. The van der Waals surface area contributed by atoms with Gasteiger partial charge in [-0.3, -0.25) is 13.7 Å². The zero-order chi connectivity index (χ0) is 27.8. The summed E-state index contributed by atoms with van der Waals surface area (Å²) in [6.07, 6.45) is -20.9. The van der Waals surface area contributed by atoms with Gasteiger partial charge < -0.3 is 39.7 Å². The van der Waals surface area contributed by atoms with Gasteiger partial charge in [0.2, 0.25) is 0 Å². The van der Waals surface area contributed by atoms with Crippen LogP contribution in [0.2, 0.25) is 0 Å². The van der Waals surface area contributed by atoms with Crippen molar-refractivity contribution < 1.29 is 91.8 Å². The number of carboxylic acids is 1. The molecule has 9 N–H and O–H groups in total. The van der Waals surface area contributed by atoms with Crippen LogP contribution >= 0.6 is 0 Å². The maximum atomic E-state index is 11.5. The van der Waals surface area contributed by atoms with E-state index in [2.05, 4.69) is 13.1 Å². The van der Waals surface area contributed by atoms with E-state index in [1.807, 2.05) is 0 Å². The summed E-state index contributed by atoms with van der Waals surface area (Å²) in [4.78, 5) is 11.5. The van der Waals surface area contributed by atoms with Gasteiger partial charge in [0.1, 0.15) is 42.7 Å². The van der Waals surface area contributed by atoms with Crippen LogP contribution in [0.4, 0.5) is 0 Å². The van der Waals surface area contributed by atoms with Crippen molar-refractivity contribution in [3.63, 3.8) is 0 Å². The van der Waals surface area contributed by atoms with E-state index in [4.69, 9.17) is 23.1 Å². The van der Waals surface area contributed by atoms with E-state index in [1.54, 1.807) is 0 Å². The highest BCUT2D eigenvalue weighted by atomic mass is 32.3. The van der Waals surface area contributed by atoms with Gasteiger partial charge in [0.15, 0.2) is 18.7 Å². The van der Waals surface area contributed by atoms with Crippen LogP contribution in [0.5, 0.6) is 0 Å². The Labute approximate surface area is 201 Å². The molecule has 2 saturated heterocycles. The Bertz CT molecular complexity index is 1110. The van der Waals surface area contributed by atoms with Gasteiger partial charge in [-0.15, -0.1) is 0 Å². The fourth-order valence-electron chi connectivity index (χ4n) is 3.23. The first-order valence-corrected chi connectivity index (χ1v) is 13.3. The number of aliphatic hydroxyl groups excluding tert-OH is 4. The highest BCUT2D eigenvalue weighted by molar-refractivity contribution is 7.83. The lowest BCUT2D eigenvalue weighted by atomic mass is 9.96.